The highest BCUT2D eigenvalue weighted by Gasteiger charge is 2.23. The Morgan fingerprint density at radius 3 is 2.64 bits per heavy atom. The Hall–Kier alpha value is -3.02. The van der Waals surface area contributed by atoms with E-state index in [0.29, 0.717) is 6.54 Å². The molecule has 3 heterocycles. The molecular weight excluding hydrogens is 350 g/mol. The van der Waals surface area contributed by atoms with Gasteiger partial charge in [-0.2, -0.15) is 5.10 Å². The van der Waals surface area contributed by atoms with Crippen molar-refractivity contribution in [3.8, 4) is 11.3 Å². The van der Waals surface area contributed by atoms with Gasteiger partial charge in [0.25, 0.3) is 5.91 Å². The summed E-state index contributed by atoms with van der Waals surface area (Å²) in [5.41, 5.74) is 5.48. The van der Waals surface area contributed by atoms with Gasteiger partial charge in [-0.15, -0.1) is 0 Å². The summed E-state index contributed by atoms with van der Waals surface area (Å²) >= 11 is 0. The van der Waals surface area contributed by atoms with Crippen LogP contribution in [-0.4, -0.2) is 51.8 Å². The average molecular weight is 377 g/mol. The summed E-state index contributed by atoms with van der Waals surface area (Å²) in [5.74, 6) is 1.05. The number of rotatable bonds is 3. The third-order valence-corrected chi connectivity index (χ3v) is 5.65. The molecule has 3 aromatic rings. The summed E-state index contributed by atoms with van der Waals surface area (Å²) < 4.78 is 1.88. The Kier molecular flexibility index (Phi) is 4.94. The molecule has 28 heavy (non-hydrogen) atoms. The smallest absolute Gasteiger partial charge is 0.270 e. The van der Waals surface area contributed by atoms with Crippen molar-refractivity contribution in [1.82, 2.24) is 19.7 Å². The first-order valence-electron chi connectivity index (χ1n) is 9.81. The van der Waals surface area contributed by atoms with Gasteiger partial charge in [-0.3, -0.25) is 9.89 Å². The lowest BCUT2D eigenvalue weighted by molar-refractivity contribution is 0.0757. The van der Waals surface area contributed by atoms with E-state index in [1.54, 1.807) is 0 Å². The average Bonchev–Trinajstić information content (AvgIpc) is 3.27. The number of aryl methyl sites for hydroxylation is 3. The number of amides is 1. The Labute approximate surface area is 165 Å². The number of hydrogen-bond acceptors (Lipinski definition) is 3. The topological polar surface area (TPSA) is 57.2 Å². The molecule has 0 saturated carbocycles. The molecule has 1 N–H and O–H groups in total. The van der Waals surface area contributed by atoms with Gasteiger partial charge in [-0.25, -0.2) is 0 Å². The van der Waals surface area contributed by atoms with E-state index in [2.05, 4.69) is 53.2 Å². The molecule has 1 amide bonds. The van der Waals surface area contributed by atoms with Crippen LogP contribution in [0.2, 0.25) is 0 Å². The molecule has 1 saturated heterocycles. The molecule has 2 aromatic heterocycles. The van der Waals surface area contributed by atoms with Crippen molar-refractivity contribution in [2.45, 2.75) is 20.3 Å². The first-order chi connectivity index (χ1) is 13.5. The molecule has 1 aliphatic rings. The highest BCUT2D eigenvalue weighted by molar-refractivity contribution is 5.92. The van der Waals surface area contributed by atoms with Gasteiger partial charge < -0.3 is 14.4 Å². The van der Waals surface area contributed by atoms with Crippen molar-refractivity contribution in [3.05, 3.63) is 59.4 Å². The third-order valence-electron chi connectivity index (χ3n) is 5.65. The van der Waals surface area contributed by atoms with E-state index in [4.69, 9.17) is 0 Å². The predicted molar refractivity (Wildman–Crippen MR) is 112 cm³/mol. The van der Waals surface area contributed by atoms with Crippen LogP contribution in [0.3, 0.4) is 0 Å². The van der Waals surface area contributed by atoms with Crippen molar-refractivity contribution >= 4 is 11.7 Å². The molecular formula is C22H27N5O. The third kappa shape index (κ3) is 3.54. The summed E-state index contributed by atoms with van der Waals surface area (Å²) in [7, 11) is 1.91. The Morgan fingerprint density at radius 1 is 1.04 bits per heavy atom. The van der Waals surface area contributed by atoms with Gasteiger partial charge in [0.05, 0.1) is 5.69 Å². The fourth-order valence-corrected chi connectivity index (χ4v) is 3.72. The molecule has 1 fully saturated rings. The summed E-state index contributed by atoms with van der Waals surface area (Å²) in [6, 6.07) is 12.4. The summed E-state index contributed by atoms with van der Waals surface area (Å²) in [4.78, 5) is 17.0. The lowest BCUT2D eigenvalue weighted by Crippen LogP contribution is -2.36. The number of anilines is 1. The Bertz CT molecular complexity index is 986. The van der Waals surface area contributed by atoms with E-state index in [0.717, 1.165) is 48.8 Å². The van der Waals surface area contributed by atoms with E-state index in [-0.39, 0.29) is 5.91 Å². The highest BCUT2D eigenvalue weighted by atomic mass is 16.2. The molecule has 1 aromatic carbocycles. The summed E-state index contributed by atoms with van der Waals surface area (Å²) in [5, 5.41) is 7.71. The molecule has 6 nitrogen and oxygen atoms in total. The number of carbonyl (C=O) groups is 1. The van der Waals surface area contributed by atoms with E-state index < -0.39 is 0 Å². The molecule has 0 radical (unpaired) electrons. The normalized spacial score (nSPS) is 15.0. The number of H-pyrrole nitrogens is 1. The fraction of sp³-hybridized carbons (Fsp3) is 0.364. The summed E-state index contributed by atoms with van der Waals surface area (Å²) in [6.45, 7) is 7.41. The van der Waals surface area contributed by atoms with Crippen LogP contribution in [0.5, 0.6) is 0 Å². The van der Waals surface area contributed by atoms with Crippen LogP contribution in [0.25, 0.3) is 11.3 Å². The maximum Gasteiger partial charge on any atom is 0.270 e. The maximum atomic E-state index is 12.8. The molecule has 6 heteroatoms. The zero-order chi connectivity index (χ0) is 19.7. The van der Waals surface area contributed by atoms with Crippen LogP contribution >= 0.6 is 0 Å². The number of benzene rings is 1. The lowest BCUT2D eigenvalue weighted by Gasteiger charge is -2.22. The van der Waals surface area contributed by atoms with Crippen molar-refractivity contribution in [2.24, 2.45) is 7.05 Å². The Morgan fingerprint density at radius 2 is 1.89 bits per heavy atom. The second-order valence-electron chi connectivity index (χ2n) is 7.58. The van der Waals surface area contributed by atoms with Gasteiger partial charge in [0.2, 0.25) is 0 Å². The minimum absolute atomic E-state index is 0.104. The number of carbonyl (C=O) groups excluding carboxylic acids is 1. The standard InChI is InChI=1S/C22H27N5O/c1-16-7-8-18(14-17(16)2)19-15-21(24-23-19)26-10-5-11-27(13-12-26)22(28)20-6-4-9-25(20)3/h4,6-9,14-15H,5,10-13H2,1-3H3,(H,23,24). The van der Waals surface area contributed by atoms with E-state index in [9.17, 15) is 4.79 Å². The number of nitrogens with zero attached hydrogens (tertiary/aromatic N) is 4. The first-order valence-corrected chi connectivity index (χ1v) is 9.81. The second-order valence-corrected chi connectivity index (χ2v) is 7.58. The van der Waals surface area contributed by atoms with Crippen molar-refractivity contribution in [3.63, 3.8) is 0 Å². The molecule has 0 spiro atoms. The molecule has 4 rings (SSSR count). The minimum atomic E-state index is 0.104. The molecule has 0 atom stereocenters. The van der Waals surface area contributed by atoms with Gasteiger partial charge in [0.1, 0.15) is 5.69 Å². The second kappa shape index (κ2) is 7.54. The zero-order valence-electron chi connectivity index (χ0n) is 16.8. The molecule has 146 valence electrons. The van der Waals surface area contributed by atoms with Crippen LogP contribution in [-0.2, 0) is 7.05 Å². The van der Waals surface area contributed by atoms with Gasteiger partial charge in [-0.05, 0) is 55.2 Å². The minimum Gasteiger partial charge on any atom is -0.353 e. The van der Waals surface area contributed by atoms with Crippen molar-refractivity contribution in [1.29, 1.82) is 0 Å². The van der Waals surface area contributed by atoms with Crippen LogP contribution in [0.1, 0.15) is 28.0 Å². The molecule has 1 aliphatic heterocycles. The van der Waals surface area contributed by atoms with Crippen molar-refractivity contribution in [2.75, 3.05) is 31.1 Å². The number of nitrogens with one attached hydrogen (secondary N) is 1. The monoisotopic (exact) mass is 377 g/mol. The van der Waals surface area contributed by atoms with E-state index in [1.807, 2.05) is 34.8 Å². The van der Waals surface area contributed by atoms with E-state index >= 15 is 0 Å². The zero-order valence-corrected chi connectivity index (χ0v) is 16.8. The van der Waals surface area contributed by atoms with E-state index in [1.165, 1.54) is 11.1 Å². The fourth-order valence-electron chi connectivity index (χ4n) is 3.72. The number of hydrogen-bond donors (Lipinski definition) is 1. The molecule has 0 unspecified atom stereocenters. The lowest BCUT2D eigenvalue weighted by atomic mass is 10.0. The number of aromatic amines is 1. The molecule has 0 bridgehead atoms. The maximum absolute atomic E-state index is 12.8. The Balaban J connectivity index is 1.46. The molecule has 0 aliphatic carbocycles. The SMILES string of the molecule is Cc1ccc(-c2cc(N3CCCN(C(=O)c4cccn4C)CC3)n[nH]2)cc1C. The predicted octanol–water partition coefficient (Wildman–Crippen LogP) is 3.38. The van der Waals surface area contributed by atoms with Gasteiger partial charge in [0, 0.05) is 45.5 Å². The van der Waals surface area contributed by atoms with Crippen LogP contribution in [0.4, 0.5) is 5.82 Å². The summed E-state index contributed by atoms with van der Waals surface area (Å²) in [6.07, 6.45) is 2.84. The van der Waals surface area contributed by atoms with Gasteiger partial charge in [0.15, 0.2) is 5.82 Å². The highest BCUT2D eigenvalue weighted by Crippen LogP contribution is 2.24. The van der Waals surface area contributed by atoms with Gasteiger partial charge in [-0.1, -0.05) is 12.1 Å². The van der Waals surface area contributed by atoms with Crippen LogP contribution in [0.15, 0.2) is 42.6 Å². The first kappa shape index (κ1) is 18.3. The van der Waals surface area contributed by atoms with Crippen molar-refractivity contribution < 1.29 is 4.79 Å². The largest absolute Gasteiger partial charge is 0.353 e. The van der Waals surface area contributed by atoms with Crippen LogP contribution < -0.4 is 4.90 Å². The van der Waals surface area contributed by atoms with Gasteiger partial charge >= 0.3 is 0 Å². The van der Waals surface area contributed by atoms with Crippen LogP contribution in [0, 0.1) is 13.8 Å². The quantitative estimate of drug-likeness (QED) is 0.761. The number of aromatic nitrogens is 3.